The normalized spacial score (nSPS) is 24.6. The van der Waals surface area contributed by atoms with E-state index in [1.54, 1.807) is 0 Å². The van der Waals surface area contributed by atoms with E-state index in [0.717, 1.165) is 63.4 Å². The van der Waals surface area contributed by atoms with Gasteiger partial charge in [0.25, 0.3) is 0 Å². The van der Waals surface area contributed by atoms with Crippen LogP contribution in [0.15, 0.2) is 18.2 Å². The summed E-state index contributed by atoms with van der Waals surface area (Å²) in [6.45, 7) is 1.76. The molecular weight excluding hydrogens is 424 g/mol. The van der Waals surface area contributed by atoms with Gasteiger partial charge in [-0.25, -0.2) is 9.59 Å². The van der Waals surface area contributed by atoms with Crippen molar-refractivity contribution in [3.05, 3.63) is 29.3 Å². The molecule has 1 aromatic carbocycles. The average molecular weight is 463 g/mol. The first-order chi connectivity index (χ1) is 15.9. The zero-order chi connectivity index (χ0) is 23.8. The molecule has 0 radical (unpaired) electrons. The molecule has 0 bridgehead atoms. The summed E-state index contributed by atoms with van der Waals surface area (Å²) in [7, 11) is 1.49. The fraction of sp³-hybridized carbons (Fsp3) is 0.692. The summed E-state index contributed by atoms with van der Waals surface area (Å²) in [5.41, 5.74) is 2.27. The summed E-state index contributed by atoms with van der Waals surface area (Å²) in [6, 6.07) is 5.83. The molecule has 2 N–H and O–H groups in total. The average Bonchev–Trinajstić information content (AvgIpc) is 3.08. The Labute approximate surface area is 196 Å². The van der Waals surface area contributed by atoms with E-state index in [-0.39, 0.29) is 37.3 Å². The minimum Gasteiger partial charge on any atom is -0.482 e. The van der Waals surface area contributed by atoms with Crippen LogP contribution in [-0.2, 0) is 31.9 Å². The van der Waals surface area contributed by atoms with Crippen molar-refractivity contribution in [2.45, 2.75) is 76.9 Å². The molecule has 0 aromatic heterocycles. The van der Waals surface area contributed by atoms with Crippen LogP contribution in [0, 0.1) is 17.8 Å². The first kappa shape index (κ1) is 25.5. The van der Waals surface area contributed by atoms with Crippen molar-refractivity contribution in [3.8, 4) is 5.75 Å². The predicted octanol–water partition coefficient (Wildman–Crippen LogP) is 3.78. The summed E-state index contributed by atoms with van der Waals surface area (Å²) < 4.78 is 16.1. The van der Waals surface area contributed by atoms with Crippen molar-refractivity contribution in [3.63, 3.8) is 0 Å². The summed E-state index contributed by atoms with van der Waals surface area (Å²) in [4.78, 5) is 22.9. The maximum absolute atomic E-state index is 12.0. The number of aliphatic carboxylic acids is 1. The molecule has 3 rings (SSSR count). The van der Waals surface area contributed by atoms with Crippen LogP contribution in [0.3, 0.4) is 0 Å². The number of ether oxygens (including phenoxy) is 3. The van der Waals surface area contributed by atoms with E-state index >= 15 is 0 Å². The van der Waals surface area contributed by atoms with Crippen molar-refractivity contribution >= 4 is 11.9 Å². The van der Waals surface area contributed by atoms with Gasteiger partial charge >= 0.3 is 11.9 Å². The molecule has 0 heterocycles. The maximum atomic E-state index is 12.0. The number of benzene rings is 1. The van der Waals surface area contributed by atoms with Gasteiger partial charge in [-0.05, 0) is 79.9 Å². The fourth-order valence-corrected chi connectivity index (χ4v) is 5.68. The van der Waals surface area contributed by atoms with Gasteiger partial charge in [0.15, 0.2) is 6.61 Å². The molecule has 1 saturated carbocycles. The Kier molecular flexibility index (Phi) is 9.56. The second-order valence-electron chi connectivity index (χ2n) is 9.49. The molecule has 1 aromatic rings. The van der Waals surface area contributed by atoms with E-state index in [0.29, 0.717) is 17.6 Å². The number of carboxylic acids is 1. The Balaban J connectivity index is 1.64. The third-order valence-corrected chi connectivity index (χ3v) is 7.21. The third kappa shape index (κ3) is 6.93. The Morgan fingerprint density at radius 3 is 2.70 bits per heavy atom. The second kappa shape index (κ2) is 12.4. The molecule has 0 amide bonds. The second-order valence-corrected chi connectivity index (χ2v) is 9.49. The molecule has 7 heteroatoms. The molecule has 5 atom stereocenters. The molecule has 2 aliphatic carbocycles. The Morgan fingerprint density at radius 1 is 1.15 bits per heavy atom. The van der Waals surface area contributed by atoms with Crippen LogP contribution in [0.4, 0.5) is 0 Å². The summed E-state index contributed by atoms with van der Waals surface area (Å²) in [6.07, 6.45) is 7.54. The van der Waals surface area contributed by atoms with Gasteiger partial charge in [0, 0.05) is 7.11 Å². The minimum absolute atomic E-state index is 0.0376. The smallest absolute Gasteiger partial charge is 0.341 e. The lowest BCUT2D eigenvalue weighted by molar-refractivity contribution is -0.154. The van der Waals surface area contributed by atoms with E-state index in [1.165, 1.54) is 12.7 Å². The van der Waals surface area contributed by atoms with E-state index < -0.39 is 5.97 Å². The standard InChI is InChI=1S/C26H38O7/c1-3-4-5-8-19(33-26(30)16-31-2)10-11-20-21-12-17-7-6-9-24(32-15-25(28)29)22(17)13-18(21)14-23(20)27/h6-7,9,18-21,23,27H,3-5,8,10-16H2,1-2H3,(H,28,29)/t18-,19-,20+,21-,23+/m0/s1. The highest BCUT2D eigenvalue weighted by Gasteiger charge is 2.45. The van der Waals surface area contributed by atoms with Crippen molar-refractivity contribution in [1.29, 1.82) is 0 Å². The first-order valence-electron chi connectivity index (χ1n) is 12.2. The quantitative estimate of drug-likeness (QED) is 0.340. The molecule has 1 fully saturated rings. The third-order valence-electron chi connectivity index (χ3n) is 7.21. The lowest BCUT2D eigenvalue weighted by Crippen LogP contribution is -2.29. The lowest BCUT2D eigenvalue weighted by Gasteiger charge is -2.32. The minimum atomic E-state index is -0.989. The zero-order valence-corrected chi connectivity index (χ0v) is 19.8. The van der Waals surface area contributed by atoms with E-state index in [1.807, 2.05) is 12.1 Å². The van der Waals surface area contributed by atoms with Crippen LogP contribution < -0.4 is 4.74 Å². The number of fused-ring (bicyclic) bond motifs is 2. The maximum Gasteiger partial charge on any atom is 0.341 e. The highest BCUT2D eigenvalue weighted by atomic mass is 16.6. The van der Waals surface area contributed by atoms with Gasteiger partial charge in [0.1, 0.15) is 18.5 Å². The van der Waals surface area contributed by atoms with Gasteiger partial charge in [-0.15, -0.1) is 0 Å². The van der Waals surface area contributed by atoms with Gasteiger partial charge in [-0.2, -0.15) is 0 Å². The molecule has 33 heavy (non-hydrogen) atoms. The Morgan fingerprint density at radius 2 is 1.97 bits per heavy atom. The van der Waals surface area contributed by atoms with Gasteiger partial charge < -0.3 is 24.4 Å². The number of rotatable bonds is 13. The monoisotopic (exact) mass is 462 g/mol. The fourth-order valence-electron chi connectivity index (χ4n) is 5.68. The van der Waals surface area contributed by atoms with Gasteiger partial charge in [-0.3, -0.25) is 0 Å². The number of methoxy groups -OCH3 is 1. The molecular formula is C26H38O7. The number of hydrogen-bond acceptors (Lipinski definition) is 6. The first-order valence-corrected chi connectivity index (χ1v) is 12.2. The highest BCUT2D eigenvalue weighted by Crippen LogP contribution is 2.48. The highest BCUT2D eigenvalue weighted by molar-refractivity contribution is 5.70. The van der Waals surface area contributed by atoms with Gasteiger partial charge in [0.2, 0.25) is 0 Å². The van der Waals surface area contributed by atoms with E-state index in [9.17, 15) is 14.7 Å². The van der Waals surface area contributed by atoms with Gasteiger partial charge in [0.05, 0.1) is 6.10 Å². The van der Waals surface area contributed by atoms with E-state index in [2.05, 4.69) is 13.0 Å². The molecule has 0 spiro atoms. The number of aliphatic hydroxyl groups excluding tert-OH is 1. The molecule has 7 nitrogen and oxygen atoms in total. The largest absolute Gasteiger partial charge is 0.482 e. The Hall–Kier alpha value is -2.12. The topological polar surface area (TPSA) is 102 Å². The molecule has 184 valence electrons. The number of unbranched alkanes of at least 4 members (excludes halogenated alkanes) is 2. The number of carboxylic acid groups (broad SMARTS) is 1. The van der Waals surface area contributed by atoms with Crippen LogP contribution >= 0.6 is 0 Å². The van der Waals surface area contributed by atoms with E-state index in [4.69, 9.17) is 19.3 Å². The number of aliphatic hydroxyl groups is 1. The number of esters is 1. The summed E-state index contributed by atoms with van der Waals surface area (Å²) >= 11 is 0. The SMILES string of the molecule is CCCCC[C@@H](CC[C@@H]1[C@H]2Cc3cccc(OCC(=O)O)c3C[C@H]2C[C@H]1O)OC(=O)COC. The number of carbonyl (C=O) groups is 2. The van der Waals surface area contributed by atoms with Crippen molar-refractivity contribution in [2.75, 3.05) is 20.3 Å². The molecule has 0 saturated heterocycles. The van der Waals surface area contributed by atoms with Crippen LogP contribution in [0.25, 0.3) is 0 Å². The van der Waals surface area contributed by atoms with Crippen LogP contribution in [0.1, 0.15) is 63.0 Å². The summed E-state index contributed by atoms with van der Waals surface area (Å²) in [5, 5.41) is 19.9. The van der Waals surface area contributed by atoms with Crippen LogP contribution in [0.2, 0.25) is 0 Å². The predicted molar refractivity (Wildman–Crippen MR) is 123 cm³/mol. The molecule has 2 aliphatic rings. The van der Waals surface area contributed by atoms with Crippen molar-refractivity contribution in [2.24, 2.45) is 17.8 Å². The van der Waals surface area contributed by atoms with Crippen molar-refractivity contribution in [1.82, 2.24) is 0 Å². The molecule has 0 aliphatic heterocycles. The summed E-state index contributed by atoms with van der Waals surface area (Å²) in [5.74, 6) is 0.213. The molecule has 0 unspecified atom stereocenters. The lowest BCUT2D eigenvalue weighted by atomic mass is 9.73. The number of hydrogen-bond donors (Lipinski definition) is 2. The Bertz CT molecular complexity index is 793. The zero-order valence-electron chi connectivity index (χ0n) is 19.8. The number of carbonyl (C=O) groups excluding carboxylic acids is 1. The van der Waals surface area contributed by atoms with Crippen LogP contribution in [0.5, 0.6) is 5.75 Å². The van der Waals surface area contributed by atoms with Crippen molar-refractivity contribution < 1.29 is 34.0 Å². The van der Waals surface area contributed by atoms with Crippen LogP contribution in [-0.4, -0.2) is 54.7 Å². The van der Waals surface area contributed by atoms with Gasteiger partial charge in [-0.1, -0.05) is 31.9 Å².